The van der Waals surface area contributed by atoms with E-state index in [1.807, 2.05) is 20.8 Å². The summed E-state index contributed by atoms with van der Waals surface area (Å²) < 4.78 is 6.47. The van der Waals surface area contributed by atoms with Gasteiger partial charge in [-0.1, -0.05) is 15.9 Å². The Kier molecular flexibility index (Phi) is 5.38. The van der Waals surface area contributed by atoms with E-state index in [-0.39, 0.29) is 0 Å². The smallest absolute Gasteiger partial charge is 0.248 e. The minimum atomic E-state index is -1.01. The topological polar surface area (TPSA) is 58.6 Å². The first-order chi connectivity index (χ1) is 8.81. The maximum atomic E-state index is 11.5. The molecular weight excluding hydrogens is 310 g/mol. The molecule has 0 bridgehead atoms. The van der Waals surface area contributed by atoms with Crippen molar-refractivity contribution in [3.63, 3.8) is 0 Å². The van der Waals surface area contributed by atoms with Gasteiger partial charge < -0.3 is 15.2 Å². The Morgan fingerprint density at radius 3 is 2.37 bits per heavy atom. The van der Waals surface area contributed by atoms with E-state index in [9.17, 15) is 9.90 Å². The number of nitrogens with one attached hydrogen (secondary N) is 1. The summed E-state index contributed by atoms with van der Waals surface area (Å²) in [6.45, 7) is 7.75. The fourth-order valence-electron chi connectivity index (χ4n) is 1.96. The van der Waals surface area contributed by atoms with Crippen LogP contribution in [0, 0.1) is 20.8 Å². The Morgan fingerprint density at radius 1 is 1.32 bits per heavy atom. The molecule has 0 aliphatic heterocycles. The van der Waals surface area contributed by atoms with Crippen molar-refractivity contribution in [2.45, 2.75) is 40.3 Å². The van der Waals surface area contributed by atoms with E-state index in [1.165, 1.54) is 6.92 Å². The van der Waals surface area contributed by atoms with Crippen LogP contribution in [0.5, 0.6) is 5.75 Å². The molecule has 0 aliphatic carbocycles. The van der Waals surface area contributed by atoms with Crippen LogP contribution in [0.15, 0.2) is 4.47 Å². The summed E-state index contributed by atoms with van der Waals surface area (Å²) in [5.74, 6) is 0.389. The molecule has 19 heavy (non-hydrogen) atoms. The van der Waals surface area contributed by atoms with Crippen molar-refractivity contribution in [2.75, 3.05) is 7.11 Å². The predicted octanol–water partition coefficient (Wildman–Crippen LogP) is 2.38. The minimum absolute atomic E-state index is 0.332. The van der Waals surface area contributed by atoms with Crippen LogP contribution in [0.1, 0.15) is 29.2 Å². The fourth-order valence-corrected chi connectivity index (χ4v) is 2.49. The molecule has 1 unspecified atom stereocenters. The number of carbonyl (C=O) groups is 1. The lowest BCUT2D eigenvalue weighted by Crippen LogP contribution is -2.32. The molecule has 0 heterocycles. The van der Waals surface area contributed by atoms with E-state index in [0.29, 0.717) is 6.54 Å². The standard InChI is InChI=1S/C14H20BrNO3/c1-7-8(2)13(19-5)11(9(3)12(7)15)6-16-14(18)10(4)17/h10,17H,6H2,1-5H3,(H,16,18). The van der Waals surface area contributed by atoms with Crippen LogP contribution < -0.4 is 10.1 Å². The molecule has 106 valence electrons. The number of methoxy groups -OCH3 is 1. The second kappa shape index (κ2) is 6.39. The maximum absolute atomic E-state index is 11.5. The summed E-state index contributed by atoms with van der Waals surface area (Å²) in [6, 6.07) is 0. The highest BCUT2D eigenvalue weighted by molar-refractivity contribution is 9.10. The van der Waals surface area contributed by atoms with E-state index < -0.39 is 12.0 Å². The van der Waals surface area contributed by atoms with Crippen molar-refractivity contribution in [2.24, 2.45) is 0 Å². The minimum Gasteiger partial charge on any atom is -0.496 e. The predicted molar refractivity (Wildman–Crippen MR) is 78.4 cm³/mol. The van der Waals surface area contributed by atoms with Crippen molar-refractivity contribution in [3.8, 4) is 5.75 Å². The molecule has 1 aromatic carbocycles. The molecule has 4 nitrogen and oxygen atoms in total. The van der Waals surface area contributed by atoms with Crippen LogP contribution in [-0.4, -0.2) is 24.2 Å². The molecule has 0 fully saturated rings. The Balaban J connectivity index is 3.16. The summed E-state index contributed by atoms with van der Waals surface area (Å²) >= 11 is 3.56. The molecule has 1 amide bonds. The Labute approximate surface area is 122 Å². The van der Waals surface area contributed by atoms with Gasteiger partial charge in [0.05, 0.1) is 7.11 Å². The van der Waals surface area contributed by atoms with Gasteiger partial charge in [-0.2, -0.15) is 0 Å². The molecule has 0 saturated heterocycles. The van der Waals surface area contributed by atoms with Crippen molar-refractivity contribution in [3.05, 3.63) is 26.7 Å². The molecule has 1 rings (SSSR count). The van der Waals surface area contributed by atoms with Crippen LogP contribution in [0.25, 0.3) is 0 Å². The average Bonchev–Trinajstić information content (AvgIpc) is 2.38. The second-order valence-corrected chi connectivity index (χ2v) is 5.39. The zero-order chi connectivity index (χ0) is 14.7. The number of benzene rings is 1. The molecule has 0 radical (unpaired) electrons. The van der Waals surface area contributed by atoms with Crippen LogP contribution in [0.2, 0.25) is 0 Å². The molecule has 1 aromatic rings. The number of aliphatic hydroxyl groups is 1. The number of ether oxygens (including phenoxy) is 1. The van der Waals surface area contributed by atoms with E-state index >= 15 is 0 Å². The summed E-state index contributed by atoms with van der Waals surface area (Å²) in [5, 5.41) is 11.9. The van der Waals surface area contributed by atoms with Crippen LogP contribution in [0.4, 0.5) is 0 Å². The third kappa shape index (κ3) is 3.28. The number of rotatable bonds is 4. The van der Waals surface area contributed by atoms with E-state index in [1.54, 1.807) is 7.11 Å². The number of carbonyl (C=O) groups excluding carboxylic acids is 1. The number of amides is 1. The lowest BCUT2D eigenvalue weighted by Gasteiger charge is -2.19. The van der Waals surface area contributed by atoms with Gasteiger partial charge in [-0.15, -0.1) is 0 Å². The van der Waals surface area contributed by atoms with Gasteiger partial charge in [0, 0.05) is 16.6 Å². The van der Waals surface area contributed by atoms with Gasteiger partial charge in [0.25, 0.3) is 0 Å². The third-order valence-corrected chi connectivity index (χ3v) is 4.50. The first-order valence-corrected chi connectivity index (χ1v) is 6.88. The van der Waals surface area contributed by atoms with Crippen molar-refractivity contribution < 1.29 is 14.6 Å². The number of aliphatic hydroxyl groups excluding tert-OH is 1. The fraction of sp³-hybridized carbons (Fsp3) is 0.500. The third-order valence-electron chi connectivity index (χ3n) is 3.31. The van der Waals surface area contributed by atoms with Gasteiger partial charge in [-0.25, -0.2) is 0 Å². The number of hydrogen-bond donors (Lipinski definition) is 2. The molecule has 1 atom stereocenters. The monoisotopic (exact) mass is 329 g/mol. The zero-order valence-electron chi connectivity index (χ0n) is 11.9. The highest BCUT2D eigenvalue weighted by Gasteiger charge is 2.18. The van der Waals surface area contributed by atoms with Gasteiger partial charge in [0.1, 0.15) is 11.9 Å². The Morgan fingerprint density at radius 2 is 1.89 bits per heavy atom. The summed E-state index contributed by atoms with van der Waals surface area (Å²) in [5.41, 5.74) is 4.12. The first-order valence-electron chi connectivity index (χ1n) is 6.09. The van der Waals surface area contributed by atoms with Crippen molar-refractivity contribution in [1.29, 1.82) is 0 Å². The zero-order valence-corrected chi connectivity index (χ0v) is 13.5. The van der Waals surface area contributed by atoms with Crippen LogP contribution in [0.3, 0.4) is 0 Å². The normalized spacial score (nSPS) is 12.2. The molecule has 0 saturated carbocycles. The van der Waals surface area contributed by atoms with Crippen LogP contribution >= 0.6 is 15.9 Å². The quantitative estimate of drug-likeness (QED) is 0.891. The Hall–Kier alpha value is -1.07. The van der Waals surface area contributed by atoms with Gasteiger partial charge >= 0.3 is 0 Å². The Bertz CT molecular complexity index is 498. The summed E-state index contributed by atoms with van der Waals surface area (Å²) in [7, 11) is 1.62. The SMILES string of the molecule is COc1c(C)c(C)c(Br)c(C)c1CNC(=O)C(C)O. The van der Waals surface area contributed by atoms with E-state index in [2.05, 4.69) is 21.2 Å². The summed E-state index contributed by atoms with van der Waals surface area (Å²) in [6.07, 6.45) is -1.01. The van der Waals surface area contributed by atoms with E-state index in [4.69, 9.17) is 4.74 Å². The van der Waals surface area contributed by atoms with Crippen LogP contribution in [-0.2, 0) is 11.3 Å². The highest BCUT2D eigenvalue weighted by Crippen LogP contribution is 2.35. The molecule has 0 aromatic heterocycles. The number of halogens is 1. The van der Waals surface area contributed by atoms with Crippen molar-refractivity contribution >= 4 is 21.8 Å². The lowest BCUT2D eigenvalue weighted by molar-refractivity contribution is -0.128. The summed E-state index contributed by atoms with van der Waals surface area (Å²) in [4.78, 5) is 11.5. The average molecular weight is 330 g/mol. The van der Waals surface area contributed by atoms with Gasteiger partial charge in [-0.05, 0) is 44.4 Å². The van der Waals surface area contributed by atoms with E-state index in [0.717, 1.165) is 32.5 Å². The number of hydrogen-bond acceptors (Lipinski definition) is 3. The van der Waals surface area contributed by atoms with Gasteiger partial charge in [-0.3, -0.25) is 4.79 Å². The molecule has 0 spiro atoms. The lowest BCUT2D eigenvalue weighted by atomic mass is 9.99. The first kappa shape index (κ1) is 16.0. The second-order valence-electron chi connectivity index (χ2n) is 4.59. The molecular formula is C14H20BrNO3. The molecule has 0 aliphatic rings. The molecule has 5 heteroatoms. The van der Waals surface area contributed by atoms with Gasteiger partial charge in [0.15, 0.2) is 0 Å². The molecule has 2 N–H and O–H groups in total. The highest BCUT2D eigenvalue weighted by atomic mass is 79.9. The van der Waals surface area contributed by atoms with Crippen molar-refractivity contribution in [1.82, 2.24) is 5.32 Å². The maximum Gasteiger partial charge on any atom is 0.248 e. The largest absolute Gasteiger partial charge is 0.496 e. The van der Waals surface area contributed by atoms with Gasteiger partial charge in [0.2, 0.25) is 5.91 Å².